The zero-order valence-corrected chi connectivity index (χ0v) is 62.4. The van der Waals surface area contributed by atoms with E-state index in [-0.39, 0.29) is 32.7 Å². The zero-order valence-electron chi connectivity index (χ0n) is 61.5. The molecule has 19 rings (SSSR count). The van der Waals surface area contributed by atoms with E-state index in [1.165, 1.54) is 209 Å². The molecule has 0 bridgehead atoms. The summed E-state index contributed by atoms with van der Waals surface area (Å²) in [7, 11) is -5.29. The summed E-state index contributed by atoms with van der Waals surface area (Å²) in [5, 5.41) is 36.4. The van der Waals surface area contributed by atoms with Gasteiger partial charge in [-0.25, -0.2) is 4.57 Å². The van der Waals surface area contributed by atoms with Crippen molar-refractivity contribution < 1.29 is 28.4 Å². The van der Waals surface area contributed by atoms with Crippen molar-refractivity contribution in [1.82, 2.24) is 0 Å². The number of benzene rings is 12. The van der Waals surface area contributed by atoms with E-state index in [2.05, 4.69) is 121 Å². The molecule has 6 fully saturated rings. The van der Waals surface area contributed by atoms with Gasteiger partial charge >= 0.3 is 7.82 Å². The number of nitro benzene ring substituents is 2. The average Bonchev–Trinajstić information content (AvgIpc) is 1.69. The molecule has 0 unspecified atom stereocenters. The molecule has 0 atom stereocenters. The first-order valence-corrected chi connectivity index (χ1v) is 42.5. The summed E-state index contributed by atoms with van der Waals surface area (Å²) in [6.45, 7) is 0. The SMILES string of the molecule is O=[N+]([O-])c1ccc2c3c(c(-c4c5ccccc5c(-c5c(C6CCCCC6)cc(C6CCCCC6)cc5C5CCCCC5)c5ccccc45)cc2c1)OP(=O)(O)Oc1c(-c2c4ccccc4c(-c4c(C5CCCCC5)cc(C5CCCCC5)cc4C4CCCCC4)c4ccccc24)cc2cc([N+](=O)[O-])ccc2c1-3. The minimum absolute atomic E-state index is 0.0747. The Hall–Kier alpha value is -9.21. The lowest BCUT2D eigenvalue weighted by Gasteiger charge is -2.34. The normalized spacial score (nSPS) is 18.9. The predicted molar refractivity (Wildman–Crippen MR) is 438 cm³/mol. The molecule has 1 heterocycles. The van der Waals surface area contributed by atoms with Crippen molar-refractivity contribution in [3.8, 4) is 67.1 Å². The standard InChI is InChI=1S/C96H95N2O8P/c99-97(100)69-47-49-71-67(51-69)57-85(87-73-39-19-23-43-77(73)89(78-44-24-20-40-74(78)87)91-81(61-31-11-3-12-32-61)53-65(59-27-7-1-8-28-59)54-82(91)62-33-13-4-14-34-62)95-93(71)94-72-50-48-70(98(101)102)52-68(72)58-86(96(94)106-107(103,104)105-95)88-75-41-21-25-45-79(75)90(80-46-26-22-42-76(80)88)92-83(63-35-15-5-16-36-63)55-66(60-29-9-2-10-30-60)56-84(92)64-37-17-6-18-38-64/h19-26,39-64H,1-18,27-38H2,(H,103,104). The van der Waals surface area contributed by atoms with E-state index in [9.17, 15) is 25.1 Å². The third-order valence-electron chi connectivity index (χ3n) is 26.9. The summed E-state index contributed by atoms with van der Waals surface area (Å²) in [5.41, 5.74) is 17.1. The van der Waals surface area contributed by atoms with Gasteiger partial charge in [0, 0.05) is 57.6 Å². The molecule has 1 aliphatic heterocycles. The maximum atomic E-state index is 16.2. The van der Waals surface area contributed by atoms with Crippen molar-refractivity contribution in [3.05, 3.63) is 223 Å². The largest absolute Gasteiger partial charge is 0.584 e. The number of non-ortho nitro benzene ring substituents is 2. The van der Waals surface area contributed by atoms with E-state index in [0.29, 0.717) is 79.3 Å². The van der Waals surface area contributed by atoms with Crippen LogP contribution in [0.2, 0.25) is 0 Å². The highest BCUT2D eigenvalue weighted by molar-refractivity contribution is 7.48. The van der Waals surface area contributed by atoms with Crippen LogP contribution in [0.1, 0.15) is 262 Å². The van der Waals surface area contributed by atoms with Gasteiger partial charge in [-0.05, 0) is 257 Å². The van der Waals surface area contributed by atoms with Gasteiger partial charge in [0.15, 0.2) is 0 Å². The Labute approximate surface area is 627 Å². The van der Waals surface area contributed by atoms with Crippen LogP contribution in [0.5, 0.6) is 11.5 Å². The number of nitrogens with zero attached hydrogens (tertiary/aromatic N) is 2. The Morgan fingerprint density at radius 3 is 0.804 bits per heavy atom. The van der Waals surface area contributed by atoms with Crippen LogP contribution < -0.4 is 9.05 Å². The molecule has 10 nitrogen and oxygen atoms in total. The number of phosphoric ester groups is 1. The Balaban J connectivity index is 0.910. The van der Waals surface area contributed by atoms with E-state index in [1.54, 1.807) is 24.3 Å². The molecule has 0 aromatic heterocycles. The van der Waals surface area contributed by atoms with Gasteiger partial charge in [0.2, 0.25) is 0 Å². The highest BCUT2D eigenvalue weighted by Crippen LogP contribution is 2.65. The molecule has 6 saturated carbocycles. The highest BCUT2D eigenvalue weighted by Gasteiger charge is 2.41. The second-order valence-electron chi connectivity index (χ2n) is 33.1. The molecule has 7 aliphatic rings. The molecular weight excluding hydrogens is 1340 g/mol. The number of rotatable bonds is 12. The fraction of sp³-hybridized carbons (Fsp3) is 0.375. The highest BCUT2D eigenvalue weighted by atomic mass is 31.2. The van der Waals surface area contributed by atoms with Gasteiger partial charge in [0.05, 0.1) is 9.85 Å². The predicted octanol–water partition coefficient (Wildman–Crippen LogP) is 28.9. The maximum absolute atomic E-state index is 16.2. The molecule has 1 N–H and O–H groups in total. The van der Waals surface area contributed by atoms with E-state index in [1.807, 2.05) is 12.1 Å². The second kappa shape index (κ2) is 28.4. The van der Waals surface area contributed by atoms with Crippen molar-refractivity contribution in [2.24, 2.45) is 0 Å². The lowest BCUT2D eigenvalue weighted by molar-refractivity contribution is -0.384. The third-order valence-corrected chi connectivity index (χ3v) is 27.7. The van der Waals surface area contributed by atoms with Gasteiger partial charge in [0.25, 0.3) is 11.4 Å². The Kier molecular flexibility index (Phi) is 18.1. The molecule has 0 radical (unpaired) electrons. The fourth-order valence-corrected chi connectivity index (χ4v) is 22.8. The molecular formula is C96H95N2O8P. The smallest absolute Gasteiger partial charge is 0.394 e. The molecule has 0 spiro atoms. The monoisotopic (exact) mass is 1430 g/mol. The third kappa shape index (κ3) is 12.2. The van der Waals surface area contributed by atoms with Crippen LogP contribution >= 0.6 is 7.82 Å². The zero-order chi connectivity index (χ0) is 72.0. The molecule has 107 heavy (non-hydrogen) atoms. The minimum atomic E-state index is -5.29. The molecule has 0 saturated heterocycles. The number of fused-ring (bicyclic) bond motifs is 11. The van der Waals surface area contributed by atoms with Gasteiger partial charge in [-0.15, -0.1) is 0 Å². The first-order valence-electron chi connectivity index (χ1n) is 41.0. The van der Waals surface area contributed by atoms with Crippen molar-refractivity contribution >= 4 is 83.8 Å². The van der Waals surface area contributed by atoms with Crippen molar-refractivity contribution in [3.63, 3.8) is 0 Å². The van der Waals surface area contributed by atoms with E-state index >= 15 is 4.57 Å². The summed E-state index contributed by atoms with van der Waals surface area (Å²) in [6, 6.07) is 58.7. The van der Waals surface area contributed by atoms with Crippen molar-refractivity contribution in [1.29, 1.82) is 0 Å². The summed E-state index contributed by atoms with van der Waals surface area (Å²) in [4.78, 5) is 38.9. The first-order chi connectivity index (χ1) is 52.5. The Bertz CT molecular complexity index is 5090. The number of hydrogen-bond donors (Lipinski definition) is 1. The molecule has 12 aromatic rings. The quantitative estimate of drug-likeness (QED) is 0.0551. The second-order valence-corrected chi connectivity index (χ2v) is 34.4. The van der Waals surface area contributed by atoms with Gasteiger partial charge in [-0.2, -0.15) is 0 Å². The van der Waals surface area contributed by atoms with Crippen LogP contribution in [0, 0.1) is 20.2 Å². The maximum Gasteiger partial charge on any atom is 0.584 e. The van der Waals surface area contributed by atoms with E-state index in [0.717, 1.165) is 106 Å². The van der Waals surface area contributed by atoms with Crippen LogP contribution in [0.3, 0.4) is 0 Å². The Morgan fingerprint density at radius 2 is 0.542 bits per heavy atom. The number of hydrogen-bond acceptors (Lipinski definition) is 7. The molecule has 6 aliphatic carbocycles. The molecule has 11 heteroatoms. The molecule has 542 valence electrons. The lowest BCUT2D eigenvalue weighted by Crippen LogP contribution is -2.14. The van der Waals surface area contributed by atoms with Crippen molar-refractivity contribution in [2.75, 3.05) is 0 Å². The summed E-state index contributed by atoms with van der Waals surface area (Å²) in [5.74, 6) is 2.82. The van der Waals surface area contributed by atoms with E-state index in [4.69, 9.17) is 9.05 Å². The molecule has 12 aromatic carbocycles. The van der Waals surface area contributed by atoms with Crippen LogP contribution in [0.4, 0.5) is 11.4 Å². The minimum Gasteiger partial charge on any atom is -0.394 e. The Morgan fingerprint density at radius 1 is 0.290 bits per heavy atom. The van der Waals surface area contributed by atoms with Crippen LogP contribution in [0.25, 0.3) is 120 Å². The van der Waals surface area contributed by atoms with Crippen LogP contribution in [0.15, 0.2) is 170 Å². The van der Waals surface area contributed by atoms with Gasteiger partial charge in [-0.1, -0.05) is 237 Å². The lowest BCUT2D eigenvalue weighted by atomic mass is 9.71. The van der Waals surface area contributed by atoms with Crippen LogP contribution in [-0.2, 0) is 4.57 Å². The van der Waals surface area contributed by atoms with Gasteiger partial charge < -0.3 is 9.05 Å². The fourth-order valence-electron chi connectivity index (χ4n) is 21.9. The first kappa shape index (κ1) is 68.3. The van der Waals surface area contributed by atoms with Crippen LogP contribution in [-0.4, -0.2) is 14.7 Å². The van der Waals surface area contributed by atoms with Gasteiger partial charge in [-0.3, -0.25) is 25.1 Å². The molecule has 0 amide bonds. The summed E-state index contributed by atoms with van der Waals surface area (Å²) in [6.07, 6.45) is 36.3. The average molecular weight is 1440 g/mol. The number of nitro groups is 2. The van der Waals surface area contributed by atoms with Gasteiger partial charge in [0.1, 0.15) is 11.5 Å². The number of phosphoric acid groups is 1. The summed E-state index contributed by atoms with van der Waals surface area (Å²) >= 11 is 0. The van der Waals surface area contributed by atoms with Crippen molar-refractivity contribution in [2.45, 2.75) is 228 Å². The topological polar surface area (TPSA) is 142 Å². The summed E-state index contributed by atoms with van der Waals surface area (Å²) < 4.78 is 30.2. The van der Waals surface area contributed by atoms with E-state index < -0.39 is 7.82 Å².